The van der Waals surface area contributed by atoms with Gasteiger partial charge in [-0.2, -0.15) is 0 Å². The SMILES string of the molecule is CCOC(=O)C1=C(O)C2CCC(COCCCc3ccccc3)N(C1)C2. The lowest BCUT2D eigenvalue weighted by atomic mass is 9.85. The number of piperidine rings is 1. The van der Waals surface area contributed by atoms with Crippen molar-refractivity contribution in [3.8, 4) is 0 Å². The summed E-state index contributed by atoms with van der Waals surface area (Å²) in [5, 5.41) is 10.3. The highest BCUT2D eigenvalue weighted by Crippen LogP contribution is 2.33. The van der Waals surface area contributed by atoms with Crippen molar-refractivity contribution in [2.45, 2.75) is 38.6 Å². The van der Waals surface area contributed by atoms with E-state index in [1.807, 2.05) is 6.07 Å². The maximum Gasteiger partial charge on any atom is 0.338 e. The van der Waals surface area contributed by atoms with E-state index in [0.29, 0.717) is 31.4 Å². The monoisotopic (exact) mass is 359 g/mol. The molecule has 0 spiro atoms. The van der Waals surface area contributed by atoms with E-state index in [-0.39, 0.29) is 17.6 Å². The largest absolute Gasteiger partial charge is 0.511 e. The number of ether oxygens (including phenoxy) is 2. The van der Waals surface area contributed by atoms with Crippen molar-refractivity contribution in [2.75, 3.05) is 32.9 Å². The average molecular weight is 359 g/mol. The van der Waals surface area contributed by atoms with E-state index in [1.54, 1.807) is 6.92 Å². The number of aryl methyl sites for hydroxylation is 1. The molecule has 26 heavy (non-hydrogen) atoms. The van der Waals surface area contributed by atoms with Crippen LogP contribution in [-0.4, -0.2) is 54.9 Å². The van der Waals surface area contributed by atoms with E-state index in [1.165, 1.54) is 5.56 Å². The van der Waals surface area contributed by atoms with Gasteiger partial charge < -0.3 is 14.6 Å². The van der Waals surface area contributed by atoms with Gasteiger partial charge in [0.25, 0.3) is 0 Å². The summed E-state index contributed by atoms with van der Waals surface area (Å²) in [6.45, 7) is 4.79. The molecule has 0 saturated carbocycles. The topological polar surface area (TPSA) is 59.0 Å². The highest BCUT2D eigenvalue weighted by molar-refractivity contribution is 5.89. The van der Waals surface area contributed by atoms with E-state index in [2.05, 4.69) is 29.2 Å². The van der Waals surface area contributed by atoms with Crippen LogP contribution in [-0.2, 0) is 20.7 Å². The van der Waals surface area contributed by atoms with Crippen molar-refractivity contribution in [1.82, 2.24) is 4.90 Å². The minimum absolute atomic E-state index is 0.0532. The van der Waals surface area contributed by atoms with Crippen LogP contribution in [0, 0.1) is 5.92 Å². The van der Waals surface area contributed by atoms with Crippen LogP contribution < -0.4 is 0 Å². The number of aliphatic hydroxyl groups excluding tert-OH is 1. The first kappa shape index (κ1) is 18.9. The average Bonchev–Trinajstić information content (AvgIpc) is 2.66. The van der Waals surface area contributed by atoms with Gasteiger partial charge in [-0.1, -0.05) is 30.3 Å². The number of benzene rings is 1. The zero-order valence-electron chi connectivity index (χ0n) is 15.5. The molecule has 142 valence electrons. The maximum absolute atomic E-state index is 12.1. The number of nitrogens with zero attached hydrogens (tertiary/aromatic N) is 1. The molecule has 3 atom stereocenters. The van der Waals surface area contributed by atoms with Crippen LogP contribution in [0.15, 0.2) is 41.7 Å². The Bertz CT molecular complexity index is 628. The second kappa shape index (κ2) is 9.19. The molecule has 0 aromatic heterocycles. The first-order valence-corrected chi connectivity index (χ1v) is 9.64. The molecule has 1 saturated heterocycles. The third-order valence-electron chi connectivity index (χ3n) is 5.31. The zero-order chi connectivity index (χ0) is 18.4. The predicted octanol–water partition coefficient (Wildman–Crippen LogP) is 3.11. The van der Waals surface area contributed by atoms with Crippen molar-refractivity contribution < 1.29 is 19.4 Å². The van der Waals surface area contributed by atoms with E-state index in [0.717, 1.165) is 38.8 Å². The number of esters is 1. The van der Waals surface area contributed by atoms with E-state index < -0.39 is 0 Å². The fourth-order valence-corrected chi connectivity index (χ4v) is 3.87. The van der Waals surface area contributed by atoms with Crippen LogP contribution in [0.5, 0.6) is 0 Å². The van der Waals surface area contributed by atoms with Gasteiger partial charge in [-0.3, -0.25) is 4.90 Å². The highest BCUT2D eigenvalue weighted by Gasteiger charge is 2.38. The van der Waals surface area contributed by atoms with Gasteiger partial charge in [-0.15, -0.1) is 0 Å². The van der Waals surface area contributed by atoms with Gasteiger partial charge in [-0.05, 0) is 38.2 Å². The van der Waals surface area contributed by atoms with Crippen molar-refractivity contribution in [2.24, 2.45) is 5.92 Å². The van der Waals surface area contributed by atoms with Gasteiger partial charge in [0, 0.05) is 31.7 Å². The van der Waals surface area contributed by atoms with Crippen LogP contribution >= 0.6 is 0 Å². The summed E-state index contributed by atoms with van der Waals surface area (Å²) >= 11 is 0. The lowest BCUT2D eigenvalue weighted by Crippen LogP contribution is -2.51. The molecule has 2 aliphatic heterocycles. The zero-order valence-corrected chi connectivity index (χ0v) is 15.5. The molecule has 5 nitrogen and oxygen atoms in total. The second-order valence-corrected chi connectivity index (χ2v) is 7.11. The van der Waals surface area contributed by atoms with Crippen molar-refractivity contribution in [3.63, 3.8) is 0 Å². The smallest absolute Gasteiger partial charge is 0.338 e. The van der Waals surface area contributed by atoms with Crippen molar-refractivity contribution in [1.29, 1.82) is 0 Å². The molecule has 3 unspecified atom stereocenters. The van der Waals surface area contributed by atoms with E-state index >= 15 is 0 Å². The molecule has 1 aromatic carbocycles. The van der Waals surface area contributed by atoms with E-state index in [9.17, 15) is 9.90 Å². The minimum atomic E-state index is -0.385. The van der Waals surface area contributed by atoms with Gasteiger partial charge >= 0.3 is 5.97 Å². The van der Waals surface area contributed by atoms with Crippen LogP contribution in [0.2, 0.25) is 0 Å². The fraction of sp³-hybridized carbons (Fsp3) is 0.571. The summed E-state index contributed by atoms with van der Waals surface area (Å²) in [6.07, 6.45) is 3.92. The van der Waals surface area contributed by atoms with Crippen molar-refractivity contribution >= 4 is 5.97 Å². The summed E-state index contributed by atoms with van der Waals surface area (Å²) in [5.41, 5.74) is 1.77. The number of carbonyl (C=O) groups is 1. The molecule has 5 heteroatoms. The summed E-state index contributed by atoms with van der Waals surface area (Å²) in [6, 6.07) is 10.8. The lowest BCUT2D eigenvalue weighted by Gasteiger charge is -2.43. The molecule has 3 rings (SSSR count). The Morgan fingerprint density at radius 3 is 2.85 bits per heavy atom. The van der Waals surface area contributed by atoms with Gasteiger partial charge in [0.1, 0.15) is 5.76 Å². The van der Waals surface area contributed by atoms with Crippen LogP contribution in [0.25, 0.3) is 0 Å². The van der Waals surface area contributed by atoms with Crippen LogP contribution in [0.1, 0.15) is 31.7 Å². The van der Waals surface area contributed by atoms with Crippen molar-refractivity contribution in [3.05, 3.63) is 47.2 Å². The second-order valence-electron chi connectivity index (χ2n) is 7.11. The molecule has 2 heterocycles. The predicted molar refractivity (Wildman–Crippen MR) is 100.0 cm³/mol. The molecule has 0 aliphatic carbocycles. The number of hydrogen-bond acceptors (Lipinski definition) is 5. The molecular formula is C21H29NO4. The van der Waals surface area contributed by atoms with Crippen LogP contribution in [0.3, 0.4) is 0 Å². The molecule has 1 fully saturated rings. The third-order valence-corrected chi connectivity index (χ3v) is 5.31. The van der Waals surface area contributed by atoms with E-state index in [4.69, 9.17) is 9.47 Å². The Labute approximate surface area is 155 Å². The molecule has 1 aromatic rings. The maximum atomic E-state index is 12.1. The highest BCUT2D eigenvalue weighted by atomic mass is 16.5. The number of rotatable bonds is 8. The number of hydrogen-bond donors (Lipinski definition) is 1. The molecule has 2 bridgehead atoms. The first-order chi connectivity index (χ1) is 12.7. The third kappa shape index (κ3) is 4.65. The molecule has 1 N–H and O–H groups in total. The fourth-order valence-electron chi connectivity index (χ4n) is 3.87. The Morgan fingerprint density at radius 2 is 2.08 bits per heavy atom. The molecular weight excluding hydrogens is 330 g/mol. The number of fused-ring (bicyclic) bond motifs is 2. The molecule has 2 aliphatic rings. The molecule has 0 amide bonds. The summed E-state index contributed by atoms with van der Waals surface area (Å²) in [7, 11) is 0. The first-order valence-electron chi connectivity index (χ1n) is 9.64. The Kier molecular flexibility index (Phi) is 6.69. The summed E-state index contributed by atoms with van der Waals surface area (Å²) < 4.78 is 11.0. The summed E-state index contributed by atoms with van der Waals surface area (Å²) in [4.78, 5) is 14.3. The quantitative estimate of drug-likeness (QED) is 0.571. The standard InChI is InChI=1S/C21H29NO4/c1-2-26-21(24)19-14-22-13-17(20(19)23)10-11-18(22)15-25-12-6-9-16-7-4-3-5-8-16/h3-5,7-8,17-18,23H,2,6,9-15H2,1H3. The van der Waals surface area contributed by atoms with Gasteiger partial charge in [0.15, 0.2) is 0 Å². The number of carbonyl (C=O) groups excluding carboxylic acids is 1. The normalized spacial score (nSPS) is 25.2. The Balaban J connectivity index is 1.45. The van der Waals surface area contributed by atoms with Gasteiger partial charge in [0.05, 0.1) is 18.8 Å². The number of aliphatic hydroxyl groups is 1. The summed E-state index contributed by atoms with van der Waals surface area (Å²) in [5.74, 6) is -0.0939. The van der Waals surface area contributed by atoms with Crippen LogP contribution in [0.4, 0.5) is 0 Å². The Morgan fingerprint density at radius 1 is 1.27 bits per heavy atom. The van der Waals surface area contributed by atoms with Gasteiger partial charge in [0.2, 0.25) is 0 Å². The lowest BCUT2D eigenvalue weighted by molar-refractivity contribution is -0.139. The molecule has 0 radical (unpaired) electrons. The minimum Gasteiger partial charge on any atom is -0.511 e. The Hall–Kier alpha value is -1.85. The van der Waals surface area contributed by atoms with Gasteiger partial charge in [-0.25, -0.2) is 4.79 Å².